The van der Waals surface area contributed by atoms with Gasteiger partial charge in [0.05, 0.1) is 23.3 Å². The molecule has 2 atom stereocenters. The molecule has 1 aromatic heterocycles. The molecular formula is C23H28ClFN6O2. The molecule has 2 amide bonds. The smallest absolute Gasteiger partial charge is 0.318 e. The van der Waals surface area contributed by atoms with Gasteiger partial charge in [-0.2, -0.15) is 0 Å². The molecule has 3 aliphatic heterocycles. The van der Waals surface area contributed by atoms with Gasteiger partial charge in [-0.1, -0.05) is 17.7 Å². The third-order valence-electron chi connectivity index (χ3n) is 6.68. The summed E-state index contributed by atoms with van der Waals surface area (Å²) in [6.45, 7) is 3.84. The molecule has 3 N–H and O–H groups in total. The first-order chi connectivity index (χ1) is 16.1. The number of hydrogen-bond acceptors (Lipinski definition) is 6. The van der Waals surface area contributed by atoms with Crippen LogP contribution in [0, 0.1) is 5.82 Å². The first-order valence-electron chi connectivity index (χ1n) is 11.5. The van der Waals surface area contributed by atoms with Crippen molar-refractivity contribution in [3.8, 4) is 0 Å². The fourth-order valence-electron chi connectivity index (χ4n) is 4.74. The van der Waals surface area contributed by atoms with Crippen LogP contribution >= 0.6 is 11.6 Å². The van der Waals surface area contributed by atoms with Crippen LogP contribution in [0.15, 0.2) is 24.4 Å². The summed E-state index contributed by atoms with van der Waals surface area (Å²) >= 11 is 5.83. The maximum absolute atomic E-state index is 14.0. The van der Waals surface area contributed by atoms with Gasteiger partial charge >= 0.3 is 6.03 Å². The number of nitrogens with one attached hydrogen (secondary N) is 3. The highest BCUT2D eigenvalue weighted by Gasteiger charge is 2.32. The Labute approximate surface area is 197 Å². The van der Waals surface area contributed by atoms with Crippen LogP contribution in [0.2, 0.25) is 5.02 Å². The second kappa shape index (κ2) is 9.79. The predicted molar refractivity (Wildman–Crippen MR) is 123 cm³/mol. The molecule has 8 nitrogen and oxygen atoms in total. The van der Waals surface area contributed by atoms with E-state index in [0.29, 0.717) is 38.2 Å². The standard InChI is InChI=1S/C23H28ClFN6O2/c24-18-2-1-14(9-19(18)25)17-11-26-12-20(17)30-23(32)31-6-3-15-10-27-22(29-21(15)13-31)28-16-4-7-33-8-5-16/h1-2,9-10,16-17,20,26H,3-8,11-13H2,(H,30,32)(H,27,28,29). The molecule has 2 saturated heterocycles. The first-order valence-corrected chi connectivity index (χ1v) is 11.8. The maximum Gasteiger partial charge on any atom is 0.318 e. The molecule has 2 unspecified atom stereocenters. The zero-order chi connectivity index (χ0) is 22.8. The van der Waals surface area contributed by atoms with Gasteiger partial charge in [0.25, 0.3) is 0 Å². The van der Waals surface area contributed by atoms with Crippen molar-refractivity contribution in [1.82, 2.24) is 25.5 Å². The van der Waals surface area contributed by atoms with Crippen molar-refractivity contribution in [2.45, 2.75) is 43.8 Å². The molecule has 2 fully saturated rings. The number of urea groups is 1. The van der Waals surface area contributed by atoms with E-state index in [2.05, 4.69) is 20.9 Å². The van der Waals surface area contributed by atoms with E-state index in [0.717, 1.165) is 49.3 Å². The highest BCUT2D eigenvalue weighted by Crippen LogP contribution is 2.27. The van der Waals surface area contributed by atoms with Crippen molar-refractivity contribution in [1.29, 1.82) is 0 Å². The third-order valence-corrected chi connectivity index (χ3v) is 6.99. The average molecular weight is 475 g/mol. The predicted octanol–water partition coefficient (Wildman–Crippen LogP) is 2.68. The Hall–Kier alpha value is -2.49. The van der Waals surface area contributed by atoms with Crippen molar-refractivity contribution < 1.29 is 13.9 Å². The number of ether oxygens (including phenoxy) is 1. The Morgan fingerprint density at radius 1 is 1.27 bits per heavy atom. The molecule has 4 heterocycles. The normalized spacial score (nSPS) is 23.3. The molecule has 3 aliphatic rings. The zero-order valence-corrected chi connectivity index (χ0v) is 19.1. The number of amides is 2. The summed E-state index contributed by atoms with van der Waals surface area (Å²) in [4.78, 5) is 24.0. The quantitative estimate of drug-likeness (QED) is 0.631. The number of aromatic nitrogens is 2. The number of benzene rings is 1. The van der Waals surface area contributed by atoms with E-state index in [4.69, 9.17) is 21.3 Å². The molecule has 0 radical (unpaired) electrons. The molecule has 0 saturated carbocycles. The highest BCUT2D eigenvalue weighted by atomic mass is 35.5. The molecule has 176 valence electrons. The van der Waals surface area contributed by atoms with Gasteiger partial charge in [0, 0.05) is 51.0 Å². The van der Waals surface area contributed by atoms with Gasteiger partial charge in [-0.25, -0.2) is 19.2 Å². The monoisotopic (exact) mass is 474 g/mol. The summed E-state index contributed by atoms with van der Waals surface area (Å²) in [5.41, 5.74) is 2.78. The van der Waals surface area contributed by atoms with E-state index in [1.807, 2.05) is 12.3 Å². The van der Waals surface area contributed by atoms with Gasteiger partial charge in [0.15, 0.2) is 0 Å². The molecule has 2 aromatic rings. The van der Waals surface area contributed by atoms with E-state index >= 15 is 0 Å². The first kappa shape index (κ1) is 22.3. The summed E-state index contributed by atoms with van der Waals surface area (Å²) in [6, 6.07) is 4.89. The number of carbonyl (C=O) groups excluding carboxylic acids is 1. The second-order valence-electron chi connectivity index (χ2n) is 8.86. The fourth-order valence-corrected chi connectivity index (χ4v) is 4.86. The zero-order valence-electron chi connectivity index (χ0n) is 18.3. The van der Waals surface area contributed by atoms with E-state index < -0.39 is 5.82 Å². The van der Waals surface area contributed by atoms with Crippen LogP contribution < -0.4 is 16.0 Å². The highest BCUT2D eigenvalue weighted by molar-refractivity contribution is 6.30. The number of hydrogen-bond donors (Lipinski definition) is 3. The fraction of sp³-hybridized carbons (Fsp3) is 0.522. The molecule has 33 heavy (non-hydrogen) atoms. The lowest BCUT2D eigenvalue weighted by atomic mass is 9.94. The molecule has 10 heteroatoms. The Bertz CT molecular complexity index is 1020. The minimum atomic E-state index is -0.441. The molecule has 5 rings (SSSR count). The Kier molecular flexibility index (Phi) is 6.62. The van der Waals surface area contributed by atoms with Gasteiger partial charge in [-0.3, -0.25) is 0 Å². The Morgan fingerprint density at radius 2 is 2.12 bits per heavy atom. The lowest BCUT2D eigenvalue weighted by Crippen LogP contribution is -2.48. The molecule has 0 bridgehead atoms. The molecule has 0 aliphatic carbocycles. The number of fused-ring (bicyclic) bond motifs is 1. The lowest BCUT2D eigenvalue weighted by molar-refractivity contribution is 0.0903. The van der Waals surface area contributed by atoms with Crippen molar-refractivity contribution in [3.63, 3.8) is 0 Å². The summed E-state index contributed by atoms with van der Waals surface area (Å²) in [5, 5.41) is 9.94. The maximum atomic E-state index is 14.0. The summed E-state index contributed by atoms with van der Waals surface area (Å²) in [5.74, 6) is 0.145. The lowest BCUT2D eigenvalue weighted by Gasteiger charge is -2.31. The van der Waals surface area contributed by atoms with Crippen molar-refractivity contribution in [2.24, 2.45) is 0 Å². The van der Waals surface area contributed by atoms with E-state index in [-0.39, 0.29) is 23.0 Å². The van der Waals surface area contributed by atoms with Gasteiger partial charge in [-0.05, 0) is 42.5 Å². The van der Waals surface area contributed by atoms with Gasteiger partial charge < -0.3 is 25.6 Å². The molecule has 1 aromatic carbocycles. The topological polar surface area (TPSA) is 91.4 Å². The minimum absolute atomic E-state index is 0.0182. The van der Waals surface area contributed by atoms with Crippen molar-refractivity contribution in [2.75, 3.05) is 38.2 Å². The van der Waals surface area contributed by atoms with Crippen LogP contribution in [-0.2, 0) is 17.7 Å². The van der Waals surface area contributed by atoms with Crippen LogP contribution in [0.1, 0.15) is 35.6 Å². The Morgan fingerprint density at radius 3 is 2.94 bits per heavy atom. The van der Waals surface area contributed by atoms with Crippen LogP contribution in [0.4, 0.5) is 15.1 Å². The van der Waals surface area contributed by atoms with Gasteiger partial charge in [-0.15, -0.1) is 0 Å². The van der Waals surface area contributed by atoms with E-state index in [9.17, 15) is 9.18 Å². The average Bonchev–Trinajstić information content (AvgIpc) is 3.29. The summed E-state index contributed by atoms with van der Waals surface area (Å²) < 4.78 is 19.4. The third kappa shape index (κ3) is 5.05. The van der Waals surface area contributed by atoms with Gasteiger partial charge in [0.2, 0.25) is 5.95 Å². The molecular weight excluding hydrogens is 447 g/mol. The van der Waals surface area contributed by atoms with Crippen LogP contribution in [-0.4, -0.2) is 65.8 Å². The number of nitrogens with zero attached hydrogens (tertiary/aromatic N) is 3. The molecule has 0 spiro atoms. The van der Waals surface area contributed by atoms with Crippen molar-refractivity contribution >= 4 is 23.6 Å². The van der Waals surface area contributed by atoms with Gasteiger partial charge in [0.1, 0.15) is 5.82 Å². The van der Waals surface area contributed by atoms with E-state index in [1.165, 1.54) is 6.07 Å². The second-order valence-corrected chi connectivity index (χ2v) is 9.27. The number of rotatable bonds is 4. The van der Waals surface area contributed by atoms with Crippen LogP contribution in [0.5, 0.6) is 0 Å². The Balaban J connectivity index is 1.23. The van der Waals surface area contributed by atoms with Crippen LogP contribution in [0.3, 0.4) is 0 Å². The summed E-state index contributed by atoms with van der Waals surface area (Å²) in [6.07, 6.45) is 4.45. The minimum Gasteiger partial charge on any atom is -0.381 e. The van der Waals surface area contributed by atoms with Crippen molar-refractivity contribution in [3.05, 3.63) is 52.1 Å². The number of carbonyl (C=O) groups is 1. The largest absolute Gasteiger partial charge is 0.381 e. The van der Waals surface area contributed by atoms with Crippen LogP contribution in [0.25, 0.3) is 0 Å². The number of anilines is 1. The van der Waals surface area contributed by atoms with E-state index in [1.54, 1.807) is 11.0 Å². The summed E-state index contributed by atoms with van der Waals surface area (Å²) in [7, 11) is 0. The number of halogens is 2. The SMILES string of the molecule is O=C(NC1CNCC1c1ccc(Cl)c(F)c1)N1CCc2cnc(NC3CCOCC3)nc2C1.